The molecule has 1 atom stereocenters. The van der Waals surface area contributed by atoms with Gasteiger partial charge in [0, 0.05) is 36.2 Å². The smallest absolute Gasteiger partial charge is 0.227 e. The fraction of sp³-hybridized carbons (Fsp3) is 0.412. The van der Waals surface area contributed by atoms with Gasteiger partial charge in [-0.15, -0.1) is 0 Å². The molecule has 1 saturated heterocycles. The zero-order chi connectivity index (χ0) is 16.2. The molecule has 0 bridgehead atoms. The highest BCUT2D eigenvalue weighted by atomic mass is 79.9. The van der Waals surface area contributed by atoms with Crippen molar-refractivity contribution in [1.82, 2.24) is 10.6 Å². The molecule has 0 aromatic heterocycles. The van der Waals surface area contributed by atoms with Crippen molar-refractivity contribution < 1.29 is 9.59 Å². The SMILES string of the molecule is O=C(NCC1=CCNCC1)C1CC(=O)N(c2cccc(Br)c2)C1. The number of nitrogens with one attached hydrogen (secondary N) is 2. The lowest BCUT2D eigenvalue weighted by molar-refractivity contribution is -0.126. The largest absolute Gasteiger partial charge is 0.352 e. The molecular formula is C17H20BrN3O2. The van der Waals surface area contributed by atoms with Gasteiger partial charge in [0.15, 0.2) is 0 Å². The van der Waals surface area contributed by atoms with Gasteiger partial charge in [-0.05, 0) is 31.2 Å². The molecular weight excluding hydrogens is 358 g/mol. The van der Waals surface area contributed by atoms with Gasteiger partial charge >= 0.3 is 0 Å². The lowest BCUT2D eigenvalue weighted by Gasteiger charge is -2.18. The predicted molar refractivity (Wildman–Crippen MR) is 93.2 cm³/mol. The average Bonchev–Trinajstić information content (AvgIpc) is 2.95. The van der Waals surface area contributed by atoms with Crippen LogP contribution in [0.15, 0.2) is 40.4 Å². The number of rotatable bonds is 4. The van der Waals surface area contributed by atoms with Crippen molar-refractivity contribution in [1.29, 1.82) is 0 Å². The summed E-state index contributed by atoms with van der Waals surface area (Å²) in [5.74, 6) is -0.302. The summed E-state index contributed by atoms with van der Waals surface area (Å²) >= 11 is 3.41. The Morgan fingerprint density at radius 2 is 2.30 bits per heavy atom. The summed E-state index contributed by atoms with van der Waals surface area (Å²) in [5, 5.41) is 6.22. The summed E-state index contributed by atoms with van der Waals surface area (Å²) in [7, 11) is 0. The Labute approximate surface area is 144 Å². The Kier molecular flexibility index (Phi) is 5.13. The van der Waals surface area contributed by atoms with Gasteiger partial charge in [0.05, 0.1) is 5.92 Å². The number of nitrogens with zero attached hydrogens (tertiary/aromatic N) is 1. The average molecular weight is 378 g/mol. The van der Waals surface area contributed by atoms with E-state index in [0.29, 0.717) is 13.1 Å². The molecule has 1 aromatic carbocycles. The monoisotopic (exact) mass is 377 g/mol. The van der Waals surface area contributed by atoms with E-state index in [1.54, 1.807) is 4.90 Å². The van der Waals surface area contributed by atoms with Gasteiger partial charge in [-0.25, -0.2) is 0 Å². The van der Waals surface area contributed by atoms with Gasteiger partial charge in [-0.3, -0.25) is 9.59 Å². The Morgan fingerprint density at radius 1 is 1.43 bits per heavy atom. The van der Waals surface area contributed by atoms with Crippen molar-refractivity contribution in [2.45, 2.75) is 12.8 Å². The van der Waals surface area contributed by atoms with Crippen LogP contribution in [0.3, 0.4) is 0 Å². The van der Waals surface area contributed by atoms with Crippen molar-refractivity contribution in [3.63, 3.8) is 0 Å². The highest BCUT2D eigenvalue weighted by molar-refractivity contribution is 9.10. The predicted octanol–water partition coefficient (Wildman–Crippen LogP) is 1.84. The number of hydrogen-bond acceptors (Lipinski definition) is 3. The number of carbonyl (C=O) groups excluding carboxylic acids is 2. The van der Waals surface area contributed by atoms with E-state index in [4.69, 9.17) is 0 Å². The van der Waals surface area contributed by atoms with Gasteiger partial charge in [0.25, 0.3) is 0 Å². The van der Waals surface area contributed by atoms with Crippen molar-refractivity contribution in [2.75, 3.05) is 31.1 Å². The van der Waals surface area contributed by atoms with E-state index < -0.39 is 0 Å². The van der Waals surface area contributed by atoms with E-state index in [0.717, 1.165) is 29.7 Å². The van der Waals surface area contributed by atoms with Crippen LogP contribution in [-0.4, -0.2) is 38.0 Å². The zero-order valence-corrected chi connectivity index (χ0v) is 14.4. The number of benzene rings is 1. The molecule has 1 unspecified atom stereocenters. The highest BCUT2D eigenvalue weighted by Crippen LogP contribution is 2.27. The molecule has 0 saturated carbocycles. The molecule has 5 nitrogen and oxygen atoms in total. The second kappa shape index (κ2) is 7.27. The summed E-state index contributed by atoms with van der Waals surface area (Å²) in [6, 6.07) is 7.60. The molecule has 0 aliphatic carbocycles. The summed E-state index contributed by atoms with van der Waals surface area (Å²) < 4.78 is 0.925. The number of anilines is 1. The standard InChI is InChI=1S/C17H20BrN3O2/c18-14-2-1-3-15(9-14)21-11-13(8-16(21)22)17(23)20-10-12-4-6-19-7-5-12/h1-4,9,13,19H,5-8,10-11H2,(H,20,23). The van der Waals surface area contributed by atoms with E-state index in [1.807, 2.05) is 24.3 Å². The van der Waals surface area contributed by atoms with Gasteiger partial charge in [0.2, 0.25) is 11.8 Å². The molecule has 2 aliphatic rings. The first-order chi connectivity index (χ1) is 11.1. The Hall–Kier alpha value is -1.66. The third-order valence-electron chi connectivity index (χ3n) is 4.26. The molecule has 2 heterocycles. The Balaban J connectivity index is 1.58. The Morgan fingerprint density at radius 3 is 3.04 bits per heavy atom. The van der Waals surface area contributed by atoms with E-state index in [1.165, 1.54) is 5.57 Å². The molecule has 1 fully saturated rings. The second-order valence-corrected chi connectivity index (χ2v) is 6.84. The van der Waals surface area contributed by atoms with Crippen molar-refractivity contribution in [3.05, 3.63) is 40.4 Å². The van der Waals surface area contributed by atoms with Crippen LogP contribution in [0, 0.1) is 5.92 Å². The molecule has 122 valence electrons. The number of hydrogen-bond donors (Lipinski definition) is 2. The first-order valence-electron chi connectivity index (χ1n) is 7.86. The van der Waals surface area contributed by atoms with E-state index in [9.17, 15) is 9.59 Å². The van der Waals surface area contributed by atoms with Crippen molar-refractivity contribution in [2.24, 2.45) is 5.92 Å². The highest BCUT2D eigenvalue weighted by Gasteiger charge is 2.35. The third-order valence-corrected chi connectivity index (χ3v) is 4.76. The summed E-state index contributed by atoms with van der Waals surface area (Å²) in [6.07, 6.45) is 3.37. The Bertz CT molecular complexity index is 644. The number of halogens is 1. The first kappa shape index (κ1) is 16.2. The molecule has 0 radical (unpaired) electrons. The van der Waals surface area contributed by atoms with Gasteiger partial charge in [0.1, 0.15) is 0 Å². The van der Waals surface area contributed by atoms with Gasteiger partial charge in [-0.2, -0.15) is 0 Å². The van der Waals surface area contributed by atoms with Crippen molar-refractivity contribution in [3.8, 4) is 0 Å². The van der Waals surface area contributed by atoms with Gasteiger partial charge in [-0.1, -0.05) is 33.6 Å². The van der Waals surface area contributed by atoms with Crippen LogP contribution < -0.4 is 15.5 Å². The minimum Gasteiger partial charge on any atom is -0.352 e. The molecule has 1 aromatic rings. The molecule has 0 spiro atoms. The molecule has 23 heavy (non-hydrogen) atoms. The fourth-order valence-electron chi connectivity index (χ4n) is 2.95. The molecule has 3 rings (SSSR count). The summed E-state index contributed by atoms with van der Waals surface area (Å²) in [6.45, 7) is 2.86. The van der Waals surface area contributed by atoms with Gasteiger partial charge < -0.3 is 15.5 Å². The van der Waals surface area contributed by atoms with Crippen LogP contribution in [0.25, 0.3) is 0 Å². The lowest BCUT2D eigenvalue weighted by Crippen LogP contribution is -2.35. The molecule has 2 amide bonds. The summed E-state index contributed by atoms with van der Waals surface area (Å²) in [4.78, 5) is 26.2. The molecule has 6 heteroatoms. The number of amides is 2. The van der Waals surface area contributed by atoms with E-state index >= 15 is 0 Å². The van der Waals surface area contributed by atoms with Crippen LogP contribution in [0.4, 0.5) is 5.69 Å². The maximum absolute atomic E-state index is 12.3. The first-order valence-corrected chi connectivity index (χ1v) is 8.65. The topological polar surface area (TPSA) is 61.4 Å². The van der Waals surface area contributed by atoms with Crippen LogP contribution in [0.2, 0.25) is 0 Å². The minimum atomic E-state index is -0.274. The number of carbonyl (C=O) groups is 2. The van der Waals surface area contributed by atoms with E-state index in [2.05, 4.69) is 32.6 Å². The lowest BCUT2D eigenvalue weighted by atomic mass is 10.1. The van der Waals surface area contributed by atoms with E-state index in [-0.39, 0.29) is 24.2 Å². The zero-order valence-electron chi connectivity index (χ0n) is 12.8. The molecule has 2 aliphatic heterocycles. The van der Waals surface area contributed by atoms with Crippen LogP contribution in [0.1, 0.15) is 12.8 Å². The minimum absolute atomic E-state index is 0.00401. The quantitative estimate of drug-likeness (QED) is 0.787. The summed E-state index contributed by atoms with van der Waals surface area (Å²) in [5.41, 5.74) is 2.09. The maximum Gasteiger partial charge on any atom is 0.227 e. The fourth-order valence-corrected chi connectivity index (χ4v) is 3.34. The third kappa shape index (κ3) is 4.00. The normalized spacial score (nSPS) is 21.3. The van der Waals surface area contributed by atoms with Crippen LogP contribution in [-0.2, 0) is 9.59 Å². The van der Waals surface area contributed by atoms with Crippen LogP contribution >= 0.6 is 15.9 Å². The van der Waals surface area contributed by atoms with Crippen LogP contribution in [0.5, 0.6) is 0 Å². The maximum atomic E-state index is 12.3. The second-order valence-electron chi connectivity index (χ2n) is 5.92. The molecule has 2 N–H and O–H groups in total. The van der Waals surface area contributed by atoms with Crippen molar-refractivity contribution >= 4 is 33.4 Å².